The molecule has 3 rings (SSSR count). The van der Waals surface area contributed by atoms with Crippen molar-refractivity contribution in [3.8, 4) is 29.0 Å². The fraction of sp³-hybridized carbons (Fsp3) is 0.211. The van der Waals surface area contributed by atoms with E-state index in [0.29, 0.717) is 33.8 Å². The predicted molar refractivity (Wildman–Crippen MR) is 106 cm³/mol. The molecule has 144 valence electrons. The van der Waals surface area contributed by atoms with Gasteiger partial charge in [-0.2, -0.15) is 5.26 Å². The molecule has 0 aliphatic carbocycles. The number of benzene rings is 2. The average molecular weight is 397 g/mol. The average Bonchev–Trinajstić information content (AvgIpc) is 3.11. The SMILES string of the molecule is COc1ccccc1-c1nnc(SCC(O)COc2ccc(C#N)cc2)n1N. The summed E-state index contributed by atoms with van der Waals surface area (Å²) in [5.41, 5.74) is 1.29. The van der Waals surface area contributed by atoms with Gasteiger partial charge in [0.15, 0.2) is 5.82 Å². The molecule has 3 aromatic rings. The third-order valence-electron chi connectivity index (χ3n) is 3.84. The van der Waals surface area contributed by atoms with Crippen molar-refractivity contribution in [3.63, 3.8) is 0 Å². The van der Waals surface area contributed by atoms with Gasteiger partial charge in [0.1, 0.15) is 18.1 Å². The van der Waals surface area contributed by atoms with Crippen molar-refractivity contribution in [1.82, 2.24) is 14.9 Å². The van der Waals surface area contributed by atoms with Crippen LogP contribution in [-0.4, -0.2) is 45.6 Å². The fourth-order valence-electron chi connectivity index (χ4n) is 2.43. The highest BCUT2D eigenvalue weighted by Crippen LogP contribution is 2.29. The van der Waals surface area contributed by atoms with Gasteiger partial charge in [0.2, 0.25) is 5.16 Å². The van der Waals surface area contributed by atoms with Crippen LogP contribution in [0.15, 0.2) is 53.7 Å². The number of methoxy groups -OCH3 is 1. The standard InChI is InChI=1S/C19H19N5O3S/c1-26-17-5-3-2-4-16(17)18-22-23-19(24(18)21)28-12-14(25)11-27-15-8-6-13(10-20)7-9-15/h2-9,14,25H,11-12,21H2,1H3. The second-order valence-electron chi connectivity index (χ2n) is 5.79. The maximum atomic E-state index is 10.2. The zero-order valence-electron chi connectivity index (χ0n) is 15.1. The summed E-state index contributed by atoms with van der Waals surface area (Å²) in [6.07, 6.45) is -0.730. The molecule has 1 unspecified atom stereocenters. The van der Waals surface area contributed by atoms with Gasteiger partial charge in [-0.05, 0) is 36.4 Å². The number of nitrogens with zero attached hydrogens (tertiary/aromatic N) is 4. The number of nitriles is 1. The highest BCUT2D eigenvalue weighted by Gasteiger charge is 2.17. The van der Waals surface area contributed by atoms with E-state index in [4.69, 9.17) is 20.6 Å². The Morgan fingerprint density at radius 2 is 1.96 bits per heavy atom. The van der Waals surface area contributed by atoms with Crippen molar-refractivity contribution in [3.05, 3.63) is 54.1 Å². The first-order valence-electron chi connectivity index (χ1n) is 8.40. The normalized spacial score (nSPS) is 11.6. The highest BCUT2D eigenvalue weighted by molar-refractivity contribution is 7.99. The van der Waals surface area contributed by atoms with Crippen LogP contribution >= 0.6 is 11.8 Å². The summed E-state index contributed by atoms with van der Waals surface area (Å²) in [5.74, 6) is 8.15. The van der Waals surface area contributed by atoms with E-state index in [-0.39, 0.29) is 6.61 Å². The van der Waals surface area contributed by atoms with E-state index >= 15 is 0 Å². The van der Waals surface area contributed by atoms with Crippen molar-refractivity contribution >= 4 is 11.8 Å². The number of rotatable bonds is 8. The number of nitrogen functional groups attached to an aromatic ring is 1. The van der Waals surface area contributed by atoms with Gasteiger partial charge in [-0.25, -0.2) is 4.68 Å². The molecule has 8 nitrogen and oxygen atoms in total. The number of aliphatic hydroxyl groups excluding tert-OH is 1. The van der Waals surface area contributed by atoms with Crippen LogP contribution in [0.5, 0.6) is 11.5 Å². The van der Waals surface area contributed by atoms with Crippen LogP contribution in [0, 0.1) is 11.3 Å². The maximum Gasteiger partial charge on any atom is 0.210 e. The molecule has 3 N–H and O–H groups in total. The summed E-state index contributed by atoms with van der Waals surface area (Å²) in [6.45, 7) is 0.108. The molecule has 0 saturated carbocycles. The minimum absolute atomic E-state index is 0.108. The number of hydrogen-bond donors (Lipinski definition) is 2. The molecule has 0 amide bonds. The molecule has 1 heterocycles. The Balaban J connectivity index is 1.57. The Bertz CT molecular complexity index is 968. The third kappa shape index (κ3) is 4.54. The zero-order valence-corrected chi connectivity index (χ0v) is 16.0. The molecule has 1 atom stereocenters. The van der Waals surface area contributed by atoms with Gasteiger partial charge < -0.3 is 20.4 Å². The lowest BCUT2D eigenvalue weighted by Gasteiger charge is -2.12. The van der Waals surface area contributed by atoms with Crippen LogP contribution in [0.4, 0.5) is 0 Å². The number of aliphatic hydroxyl groups is 1. The number of hydrogen-bond acceptors (Lipinski definition) is 8. The summed E-state index contributed by atoms with van der Waals surface area (Å²) in [4.78, 5) is 0. The van der Waals surface area contributed by atoms with Gasteiger partial charge in [-0.1, -0.05) is 23.9 Å². The molecule has 0 saturated heterocycles. The van der Waals surface area contributed by atoms with Gasteiger partial charge in [-0.15, -0.1) is 10.2 Å². The van der Waals surface area contributed by atoms with Crippen molar-refractivity contribution in [2.45, 2.75) is 11.3 Å². The maximum absolute atomic E-state index is 10.2. The number of ether oxygens (including phenoxy) is 2. The van der Waals surface area contributed by atoms with Gasteiger partial charge in [0.25, 0.3) is 0 Å². The molecule has 0 radical (unpaired) electrons. The fourth-order valence-corrected chi connectivity index (χ4v) is 3.19. The second kappa shape index (κ2) is 9.12. The first-order valence-corrected chi connectivity index (χ1v) is 9.38. The van der Waals surface area contributed by atoms with Gasteiger partial charge in [0.05, 0.1) is 30.4 Å². The number of nitrogens with two attached hydrogens (primary N) is 1. The molecule has 0 aliphatic rings. The number of aromatic nitrogens is 3. The van der Waals surface area contributed by atoms with Crippen LogP contribution < -0.4 is 15.3 Å². The summed E-state index contributed by atoms with van der Waals surface area (Å²) >= 11 is 1.28. The minimum Gasteiger partial charge on any atom is -0.496 e. The highest BCUT2D eigenvalue weighted by atomic mass is 32.2. The molecule has 9 heteroatoms. The molecule has 0 bridgehead atoms. The Morgan fingerprint density at radius 1 is 1.21 bits per heavy atom. The van der Waals surface area contributed by atoms with E-state index in [9.17, 15) is 5.11 Å². The van der Waals surface area contributed by atoms with Crippen LogP contribution in [0.2, 0.25) is 0 Å². The van der Waals surface area contributed by atoms with Crippen LogP contribution in [0.25, 0.3) is 11.4 Å². The first-order chi connectivity index (χ1) is 13.6. The lowest BCUT2D eigenvalue weighted by molar-refractivity contribution is 0.126. The van der Waals surface area contributed by atoms with E-state index in [1.807, 2.05) is 30.3 Å². The van der Waals surface area contributed by atoms with E-state index in [1.165, 1.54) is 16.4 Å². The number of thioether (sulfide) groups is 1. The number of para-hydroxylation sites is 1. The Hall–Kier alpha value is -3.22. The second-order valence-corrected chi connectivity index (χ2v) is 6.78. The van der Waals surface area contributed by atoms with Crippen molar-refractivity contribution in [1.29, 1.82) is 5.26 Å². The van der Waals surface area contributed by atoms with Crippen LogP contribution in [0.3, 0.4) is 0 Å². The molecular formula is C19H19N5O3S. The summed E-state index contributed by atoms with van der Waals surface area (Å²) in [6, 6.07) is 16.1. The zero-order chi connectivity index (χ0) is 19.9. The first kappa shape index (κ1) is 19.5. The molecule has 0 spiro atoms. The Kier molecular flexibility index (Phi) is 6.37. The predicted octanol–water partition coefficient (Wildman–Crippen LogP) is 2.07. The Labute approximate surface area is 166 Å². The smallest absolute Gasteiger partial charge is 0.210 e. The van der Waals surface area contributed by atoms with Gasteiger partial charge >= 0.3 is 0 Å². The largest absolute Gasteiger partial charge is 0.496 e. The molecule has 1 aromatic heterocycles. The van der Waals surface area contributed by atoms with E-state index < -0.39 is 6.10 Å². The minimum atomic E-state index is -0.730. The van der Waals surface area contributed by atoms with Crippen LogP contribution in [0.1, 0.15) is 5.56 Å². The van der Waals surface area contributed by atoms with E-state index in [0.717, 1.165) is 5.56 Å². The van der Waals surface area contributed by atoms with Crippen molar-refractivity contribution < 1.29 is 14.6 Å². The molecule has 0 fully saturated rings. The quantitative estimate of drug-likeness (QED) is 0.438. The van der Waals surface area contributed by atoms with Gasteiger partial charge in [0, 0.05) is 5.75 Å². The lowest BCUT2D eigenvalue weighted by Crippen LogP contribution is -2.21. The molecule has 2 aromatic carbocycles. The van der Waals surface area contributed by atoms with Crippen LogP contribution in [-0.2, 0) is 0 Å². The van der Waals surface area contributed by atoms with E-state index in [1.54, 1.807) is 31.4 Å². The summed E-state index contributed by atoms with van der Waals surface area (Å²) in [7, 11) is 1.58. The topological polar surface area (TPSA) is 119 Å². The Morgan fingerprint density at radius 3 is 2.68 bits per heavy atom. The molecule has 0 aliphatic heterocycles. The lowest BCUT2D eigenvalue weighted by atomic mass is 10.2. The van der Waals surface area contributed by atoms with E-state index in [2.05, 4.69) is 10.2 Å². The van der Waals surface area contributed by atoms with Crippen molar-refractivity contribution in [2.24, 2.45) is 0 Å². The monoisotopic (exact) mass is 397 g/mol. The summed E-state index contributed by atoms with van der Waals surface area (Å²) < 4.78 is 12.2. The van der Waals surface area contributed by atoms with Crippen molar-refractivity contribution in [2.75, 3.05) is 25.3 Å². The van der Waals surface area contributed by atoms with Gasteiger partial charge in [-0.3, -0.25) is 0 Å². The molecule has 28 heavy (non-hydrogen) atoms. The molecular weight excluding hydrogens is 378 g/mol. The third-order valence-corrected chi connectivity index (χ3v) is 4.93. The summed E-state index contributed by atoms with van der Waals surface area (Å²) in [5, 5.41) is 27.6.